The number of esters is 1. The highest BCUT2D eigenvalue weighted by molar-refractivity contribution is 7.12. The molecule has 152 valence electrons. The summed E-state index contributed by atoms with van der Waals surface area (Å²) in [5.74, 6) is 0.455. The van der Waals surface area contributed by atoms with Gasteiger partial charge in [0.15, 0.2) is 0 Å². The standard InChI is InChI=1S/C21H19N5O3S/c1-13-17(14(2)26-21(24-13)22-12-23-26)9-10-19(27)29-16-7-5-15(6-8-16)25-20(28)18-4-3-11-30-18/h3-8,11-12H,9-10H2,1-2H3,(H,25,28). The van der Waals surface area contributed by atoms with Crippen LogP contribution in [-0.2, 0) is 11.2 Å². The zero-order chi connectivity index (χ0) is 21.1. The summed E-state index contributed by atoms with van der Waals surface area (Å²) in [6.07, 6.45) is 2.16. The van der Waals surface area contributed by atoms with E-state index in [9.17, 15) is 9.59 Å². The van der Waals surface area contributed by atoms with E-state index in [-0.39, 0.29) is 18.3 Å². The molecule has 0 radical (unpaired) electrons. The fraction of sp³-hybridized carbons (Fsp3) is 0.190. The van der Waals surface area contributed by atoms with Crippen LogP contribution in [0.3, 0.4) is 0 Å². The van der Waals surface area contributed by atoms with Gasteiger partial charge in [-0.3, -0.25) is 9.59 Å². The average molecular weight is 421 g/mol. The molecule has 1 N–H and O–H groups in total. The van der Waals surface area contributed by atoms with Crippen LogP contribution in [-0.4, -0.2) is 31.5 Å². The zero-order valence-electron chi connectivity index (χ0n) is 16.5. The molecule has 0 unspecified atom stereocenters. The van der Waals surface area contributed by atoms with E-state index in [1.807, 2.05) is 25.3 Å². The Hall–Kier alpha value is -3.59. The van der Waals surface area contributed by atoms with Crippen LogP contribution >= 0.6 is 11.3 Å². The second-order valence-electron chi connectivity index (χ2n) is 6.66. The van der Waals surface area contributed by atoms with Gasteiger partial charge in [0, 0.05) is 17.1 Å². The van der Waals surface area contributed by atoms with Crippen molar-refractivity contribution in [3.8, 4) is 5.75 Å². The molecule has 1 amide bonds. The van der Waals surface area contributed by atoms with Gasteiger partial charge in [0.05, 0.1) is 11.3 Å². The first kappa shape index (κ1) is 19.7. The Kier molecular flexibility index (Phi) is 5.53. The Morgan fingerprint density at radius 1 is 1.17 bits per heavy atom. The maximum Gasteiger partial charge on any atom is 0.311 e. The summed E-state index contributed by atoms with van der Waals surface area (Å²) in [7, 11) is 0. The SMILES string of the molecule is Cc1nc2ncnn2c(C)c1CCC(=O)Oc1ccc(NC(=O)c2cccs2)cc1. The molecule has 0 spiro atoms. The van der Waals surface area contributed by atoms with Gasteiger partial charge in [-0.05, 0) is 61.5 Å². The fourth-order valence-corrected chi connectivity index (χ4v) is 3.75. The number of carbonyl (C=O) groups is 2. The molecule has 0 bridgehead atoms. The quantitative estimate of drug-likeness (QED) is 0.377. The molecule has 8 nitrogen and oxygen atoms in total. The van der Waals surface area contributed by atoms with Crippen molar-refractivity contribution in [3.05, 3.63) is 69.9 Å². The van der Waals surface area contributed by atoms with Crippen LogP contribution in [0.15, 0.2) is 48.1 Å². The molecule has 0 aliphatic rings. The van der Waals surface area contributed by atoms with Crippen molar-refractivity contribution in [1.29, 1.82) is 0 Å². The number of amides is 1. The number of thiophene rings is 1. The number of rotatable bonds is 6. The number of nitrogens with one attached hydrogen (secondary N) is 1. The first-order valence-electron chi connectivity index (χ1n) is 9.32. The van der Waals surface area contributed by atoms with Gasteiger partial charge in [-0.15, -0.1) is 11.3 Å². The Morgan fingerprint density at radius 3 is 2.70 bits per heavy atom. The molecule has 0 atom stereocenters. The van der Waals surface area contributed by atoms with Crippen LogP contribution in [0.2, 0.25) is 0 Å². The minimum atomic E-state index is -0.345. The summed E-state index contributed by atoms with van der Waals surface area (Å²) >= 11 is 1.37. The molecule has 9 heteroatoms. The van der Waals surface area contributed by atoms with Crippen molar-refractivity contribution in [3.63, 3.8) is 0 Å². The largest absolute Gasteiger partial charge is 0.427 e. The molecule has 4 aromatic rings. The van der Waals surface area contributed by atoms with Gasteiger partial charge in [0.25, 0.3) is 11.7 Å². The molecular weight excluding hydrogens is 402 g/mol. The lowest BCUT2D eigenvalue weighted by Gasteiger charge is -2.10. The smallest absolute Gasteiger partial charge is 0.311 e. The molecular formula is C21H19N5O3S. The van der Waals surface area contributed by atoms with E-state index in [0.29, 0.717) is 28.5 Å². The molecule has 30 heavy (non-hydrogen) atoms. The van der Waals surface area contributed by atoms with Crippen LogP contribution in [0.1, 0.15) is 33.0 Å². The van der Waals surface area contributed by atoms with Crippen molar-refractivity contribution in [1.82, 2.24) is 19.6 Å². The predicted octanol–water partition coefficient (Wildman–Crippen LogP) is 3.59. The Balaban J connectivity index is 1.35. The van der Waals surface area contributed by atoms with E-state index in [0.717, 1.165) is 17.0 Å². The number of carbonyl (C=O) groups excluding carboxylic acids is 2. The Morgan fingerprint density at radius 2 is 1.97 bits per heavy atom. The number of aromatic nitrogens is 4. The molecule has 3 heterocycles. The first-order chi connectivity index (χ1) is 14.5. The normalized spacial score (nSPS) is 10.9. The Bertz CT molecular complexity index is 1200. The van der Waals surface area contributed by atoms with Gasteiger partial charge >= 0.3 is 5.97 Å². The third-order valence-electron chi connectivity index (χ3n) is 4.66. The van der Waals surface area contributed by atoms with Gasteiger partial charge in [0.2, 0.25) is 0 Å². The number of benzene rings is 1. The molecule has 0 aliphatic carbocycles. The summed E-state index contributed by atoms with van der Waals surface area (Å²) in [5.41, 5.74) is 3.32. The molecule has 0 saturated carbocycles. The van der Waals surface area contributed by atoms with Crippen LogP contribution in [0, 0.1) is 13.8 Å². The average Bonchev–Trinajstić information content (AvgIpc) is 3.41. The van der Waals surface area contributed by atoms with E-state index in [2.05, 4.69) is 20.4 Å². The van der Waals surface area contributed by atoms with E-state index in [4.69, 9.17) is 4.74 Å². The number of nitrogens with zero attached hydrogens (tertiary/aromatic N) is 4. The molecule has 4 rings (SSSR count). The number of hydrogen-bond donors (Lipinski definition) is 1. The van der Waals surface area contributed by atoms with Crippen molar-refractivity contribution in [2.75, 3.05) is 5.32 Å². The van der Waals surface area contributed by atoms with E-state index in [1.54, 1.807) is 34.8 Å². The number of hydrogen-bond acceptors (Lipinski definition) is 7. The third kappa shape index (κ3) is 4.20. The van der Waals surface area contributed by atoms with Crippen LogP contribution < -0.4 is 10.1 Å². The lowest BCUT2D eigenvalue weighted by atomic mass is 10.1. The van der Waals surface area contributed by atoms with Crippen molar-refractivity contribution in [2.45, 2.75) is 26.7 Å². The van der Waals surface area contributed by atoms with Crippen LogP contribution in [0.5, 0.6) is 5.75 Å². The number of ether oxygens (including phenoxy) is 1. The lowest BCUT2D eigenvalue weighted by Crippen LogP contribution is -2.12. The number of fused-ring (bicyclic) bond motifs is 1. The highest BCUT2D eigenvalue weighted by atomic mass is 32.1. The van der Waals surface area contributed by atoms with Crippen molar-refractivity contribution in [2.24, 2.45) is 0 Å². The monoisotopic (exact) mass is 421 g/mol. The van der Waals surface area contributed by atoms with Gasteiger partial charge in [-0.2, -0.15) is 10.1 Å². The van der Waals surface area contributed by atoms with Gasteiger partial charge in [-0.1, -0.05) is 6.07 Å². The third-order valence-corrected chi connectivity index (χ3v) is 5.53. The predicted molar refractivity (Wildman–Crippen MR) is 113 cm³/mol. The summed E-state index contributed by atoms with van der Waals surface area (Å²) in [5, 5.41) is 8.81. The van der Waals surface area contributed by atoms with Gasteiger partial charge in [-0.25, -0.2) is 9.50 Å². The second kappa shape index (κ2) is 8.42. The van der Waals surface area contributed by atoms with Crippen molar-refractivity contribution < 1.29 is 14.3 Å². The van der Waals surface area contributed by atoms with E-state index in [1.165, 1.54) is 17.7 Å². The minimum absolute atomic E-state index is 0.168. The molecule has 0 aliphatic heterocycles. The maximum absolute atomic E-state index is 12.3. The zero-order valence-corrected chi connectivity index (χ0v) is 17.3. The maximum atomic E-state index is 12.3. The highest BCUT2D eigenvalue weighted by Gasteiger charge is 2.14. The fourth-order valence-electron chi connectivity index (χ4n) is 3.13. The summed E-state index contributed by atoms with van der Waals surface area (Å²) in [6.45, 7) is 3.83. The summed E-state index contributed by atoms with van der Waals surface area (Å²) in [6, 6.07) is 10.3. The second-order valence-corrected chi connectivity index (χ2v) is 7.61. The topological polar surface area (TPSA) is 98.5 Å². The van der Waals surface area contributed by atoms with E-state index >= 15 is 0 Å². The highest BCUT2D eigenvalue weighted by Crippen LogP contribution is 2.19. The summed E-state index contributed by atoms with van der Waals surface area (Å²) < 4.78 is 7.08. The molecule has 0 fully saturated rings. The van der Waals surface area contributed by atoms with Gasteiger partial charge < -0.3 is 10.1 Å². The lowest BCUT2D eigenvalue weighted by molar-refractivity contribution is -0.134. The number of anilines is 1. The summed E-state index contributed by atoms with van der Waals surface area (Å²) in [4.78, 5) is 33.5. The van der Waals surface area contributed by atoms with Gasteiger partial charge in [0.1, 0.15) is 12.1 Å². The Labute approximate surface area is 176 Å². The van der Waals surface area contributed by atoms with Crippen molar-refractivity contribution >= 4 is 34.7 Å². The minimum Gasteiger partial charge on any atom is -0.427 e. The number of aryl methyl sites for hydroxylation is 2. The molecule has 3 aromatic heterocycles. The van der Waals surface area contributed by atoms with Crippen LogP contribution in [0.4, 0.5) is 5.69 Å². The van der Waals surface area contributed by atoms with E-state index < -0.39 is 0 Å². The molecule has 0 saturated heterocycles. The van der Waals surface area contributed by atoms with Crippen LogP contribution in [0.25, 0.3) is 5.78 Å². The first-order valence-corrected chi connectivity index (χ1v) is 10.2. The molecule has 1 aromatic carbocycles.